The zero-order valence-corrected chi connectivity index (χ0v) is 11.7. The number of para-hydroxylation sites is 1. The first kappa shape index (κ1) is 12.2. The number of rotatable bonds is 2. The summed E-state index contributed by atoms with van der Waals surface area (Å²) in [6.45, 7) is 0.687. The monoisotopic (exact) mass is 320 g/mol. The van der Waals surface area contributed by atoms with Crippen molar-refractivity contribution in [2.75, 3.05) is 17.7 Å². The van der Waals surface area contributed by atoms with Gasteiger partial charge in [0.15, 0.2) is 0 Å². The predicted molar refractivity (Wildman–Crippen MR) is 77.1 cm³/mol. The lowest BCUT2D eigenvalue weighted by Gasteiger charge is -2.27. The highest BCUT2D eigenvalue weighted by Gasteiger charge is 2.21. The molecular formula is C13H13BrN4O. The lowest BCUT2D eigenvalue weighted by molar-refractivity contribution is 0.274. The van der Waals surface area contributed by atoms with Gasteiger partial charge >= 0.3 is 0 Å². The van der Waals surface area contributed by atoms with Crippen LogP contribution in [0, 0.1) is 0 Å². The van der Waals surface area contributed by atoms with Crippen molar-refractivity contribution in [3.8, 4) is 5.75 Å². The summed E-state index contributed by atoms with van der Waals surface area (Å²) in [4.78, 5) is 8.14. The number of hydrogen-bond acceptors (Lipinski definition) is 5. The molecule has 1 atom stereocenters. The van der Waals surface area contributed by atoms with Crippen LogP contribution in [-0.4, -0.2) is 16.6 Å². The first-order valence-electron chi connectivity index (χ1n) is 6.00. The van der Waals surface area contributed by atoms with Crippen LogP contribution in [0.15, 0.2) is 34.9 Å². The highest BCUT2D eigenvalue weighted by molar-refractivity contribution is 9.10. The van der Waals surface area contributed by atoms with Crippen LogP contribution in [0.1, 0.15) is 18.0 Å². The quantitative estimate of drug-likeness (QED) is 0.890. The number of benzene rings is 1. The van der Waals surface area contributed by atoms with Crippen LogP contribution < -0.4 is 15.8 Å². The Hall–Kier alpha value is -1.82. The number of anilines is 2. The second kappa shape index (κ2) is 5.05. The average molecular weight is 321 g/mol. The van der Waals surface area contributed by atoms with Gasteiger partial charge in [-0.15, -0.1) is 0 Å². The van der Waals surface area contributed by atoms with Gasteiger partial charge < -0.3 is 15.8 Å². The number of nitrogens with one attached hydrogen (secondary N) is 1. The Kier molecular flexibility index (Phi) is 3.25. The third kappa shape index (κ3) is 2.49. The summed E-state index contributed by atoms with van der Waals surface area (Å²) in [5, 5.41) is 3.39. The predicted octanol–water partition coefficient (Wildman–Crippen LogP) is 2.76. The van der Waals surface area contributed by atoms with Crippen LogP contribution in [0.25, 0.3) is 0 Å². The number of fused-ring (bicyclic) bond motifs is 1. The number of nitrogen functional groups attached to an aromatic ring is 1. The maximum Gasteiger partial charge on any atom is 0.221 e. The molecule has 0 saturated carbocycles. The van der Waals surface area contributed by atoms with Gasteiger partial charge in [-0.05, 0) is 22.0 Å². The fourth-order valence-electron chi connectivity index (χ4n) is 2.14. The van der Waals surface area contributed by atoms with Crippen LogP contribution >= 0.6 is 15.9 Å². The molecule has 1 unspecified atom stereocenters. The van der Waals surface area contributed by atoms with Crippen molar-refractivity contribution < 1.29 is 4.74 Å². The van der Waals surface area contributed by atoms with E-state index in [2.05, 4.69) is 37.3 Å². The van der Waals surface area contributed by atoms with Gasteiger partial charge in [0, 0.05) is 18.2 Å². The molecule has 1 aromatic carbocycles. The standard InChI is InChI=1S/C13H13BrN4O/c14-9-7-16-13(15)18-12(9)17-10-5-6-19-11-4-2-1-3-8(10)11/h1-4,7,10H,5-6H2,(H3,15,16,17,18). The van der Waals surface area contributed by atoms with Crippen molar-refractivity contribution in [1.82, 2.24) is 9.97 Å². The first-order valence-corrected chi connectivity index (χ1v) is 6.79. The number of nitrogens with zero attached hydrogens (tertiary/aromatic N) is 2. The third-order valence-electron chi connectivity index (χ3n) is 3.03. The lowest BCUT2D eigenvalue weighted by atomic mass is 10.0. The summed E-state index contributed by atoms with van der Waals surface area (Å²) in [7, 11) is 0. The summed E-state index contributed by atoms with van der Waals surface area (Å²) in [5.41, 5.74) is 6.76. The smallest absolute Gasteiger partial charge is 0.221 e. The summed E-state index contributed by atoms with van der Waals surface area (Å²) in [6, 6.07) is 8.18. The van der Waals surface area contributed by atoms with Crippen LogP contribution in [-0.2, 0) is 0 Å². The molecule has 3 rings (SSSR count). The molecule has 0 bridgehead atoms. The molecule has 98 valence electrons. The number of ether oxygens (including phenoxy) is 1. The van der Waals surface area contributed by atoms with E-state index >= 15 is 0 Å². The zero-order valence-electron chi connectivity index (χ0n) is 10.1. The summed E-state index contributed by atoms with van der Waals surface area (Å²) in [5.74, 6) is 1.88. The van der Waals surface area contributed by atoms with Crippen LogP contribution in [0.5, 0.6) is 5.75 Å². The summed E-state index contributed by atoms with van der Waals surface area (Å²) < 4.78 is 6.43. The van der Waals surface area contributed by atoms with Crippen molar-refractivity contribution in [1.29, 1.82) is 0 Å². The van der Waals surface area contributed by atoms with Crippen LogP contribution in [0.2, 0.25) is 0 Å². The highest BCUT2D eigenvalue weighted by Crippen LogP contribution is 2.35. The molecule has 0 radical (unpaired) electrons. The minimum absolute atomic E-state index is 0.163. The fourth-order valence-corrected chi connectivity index (χ4v) is 2.44. The summed E-state index contributed by atoms with van der Waals surface area (Å²) >= 11 is 3.42. The second-order valence-electron chi connectivity index (χ2n) is 4.30. The van der Waals surface area contributed by atoms with Gasteiger partial charge in [-0.25, -0.2) is 4.98 Å². The Bertz CT molecular complexity index is 605. The van der Waals surface area contributed by atoms with Gasteiger partial charge in [-0.3, -0.25) is 0 Å². The molecule has 0 fully saturated rings. The molecule has 2 heterocycles. The van der Waals surface area contributed by atoms with E-state index in [1.54, 1.807) is 6.20 Å². The van der Waals surface area contributed by atoms with Crippen molar-refractivity contribution in [3.63, 3.8) is 0 Å². The highest BCUT2D eigenvalue weighted by atomic mass is 79.9. The van der Waals surface area contributed by atoms with Gasteiger partial charge in [0.25, 0.3) is 0 Å². The molecule has 6 heteroatoms. The number of aromatic nitrogens is 2. The van der Waals surface area contributed by atoms with Gasteiger partial charge in [0.05, 0.1) is 17.1 Å². The molecule has 1 aromatic heterocycles. The Labute approximate surface area is 119 Å². The molecule has 3 N–H and O–H groups in total. The van der Waals surface area contributed by atoms with Gasteiger partial charge in [0.1, 0.15) is 11.6 Å². The number of hydrogen-bond donors (Lipinski definition) is 2. The number of nitrogens with two attached hydrogens (primary N) is 1. The Morgan fingerprint density at radius 1 is 1.37 bits per heavy atom. The lowest BCUT2D eigenvalue weighted by Crippen LogP contribution is -2.21. The van der Waals surface area contributed by atoms with Crippen LogP contribution in [0.4, 0.5) is 11.8 Å². The maximum absolute atomic E-state index is 5.64. The Morgan fingerprint density at radius 3 is 3.11 bits per heavy atom. The zero-order chi connectivity index (χ0) is 13.2. The minimum atomic E-state index is 0.163. The molecule has 0 spiro atoms. The molecule has 5 nitrogen and oxygen atoms in total. The number of halogens is 1. The van der Waals surface area contributed by atoms with Gasteiger partial charge in [0.2, 0.25) is 5.95 Å². The van der Waals surface area contributed by atoms with Gasteiger partial charge in [-0.2, -0.15) is 4.98 Å². The van der Waals surface area contributed by atoms with E-state index in [-0.39, 0.29) is 12.0 Å². The largest absolute Gasteiger partial charge is 0.493 e. The second-order valence-corrected chi connectivity index (χ2v) is 5.15. The van der Waals surface area contributed by atoms with E-state index < -0.39 is 0 Å². The molecule has 1 aliphatic rings. The maximum atomic E-state index is 5.64. The topological polar surface area (TPSA) is 73.1 Å². The third-order valence-corrected chi connectivity index (χ3v) is 3.61. The average Bonchev–Trinajstić information content (AvgIpc) is 2.43. The minimum Gasteiger partial charge on any atom is -0.493 e. The van der Waals surface area contributed by atoms with E-state index in [1.807, 2.05) is 18.2 Å². The first-order chi connectivity index (χ1) is 9.24. The van der Waals surface area contributed by atoms with E-state index in [4.69, 9.17) is 10.5 Å². The van der Waals surface area contributed by atoms with Crippen molar-refractivity contribution in [2.24, 2.45) is 0 Å². The Balaban J connectivity index is 1.90. The molecule has 1 aliphatic heterocycles. The van der Waals surface area contributed by atoms with Gasteiger partial charge in [-0.1, -0.05) is 18.2 Å². The fraction of sp³-hybridized carbons (Fsp3) is 0.231. The molecule has 0 amide bonds. The van der Waals surface area contributed by atoms with E-state index in [1.165, 1.54) is 0 Å². The molecule has 0 saturated heterocycles. The van der Waals surface area contributed by atoms with Crippen molar-refractivity contribution in [3.05, 3.63) is 40.5 Å². The van der Waals surface area contributed by atoms with E-state index in [9.17, 15) is 0 Å². The SMILES string of the molecule is Nc1ncc(Br)c(NC2CCOc3ccccc32)n1. The molecular weight excluding hydrogens is 308 g/mol. The summed E-state index contributed by atoms with van der Waals surface area (Å²) in [6.07, 6.45) is 2.53. The van der Waals surface area contributed by atoms with Crippen molar-refractivity contribution in [2.45, 2.75) is 12.5 Å². The Morgan fingerprint density at radius 2 is 2.21 bits per heavy atom. The molecule has 2 aromatic rings. The van der Waals surface area contributed by atoms with E-state index in [0.29, 0.717) is 12.4 Å². The van der Waals surface area contributed by atoms with E-state index in [0.717, 1.165) is 22.2 Å². The van der Waals surface area contributed by atoms with Crippen LogP contribution in [0.3, 0.4) is 0 Å². The molecule has 19 heavy (non-hydrogen) atoms. The molecule has 0 aliphatic carbocycles. The van der Waals surface area contributed by atoms with Crippen molar-refractivity contribution >= 4 is 27.7 Å². The normalized spacial score (nSPS) is 17.4.